The SMILES string of the molecule is O=S(=O)(Cl)c1cc(-n2cnc(C(F)(F)F)n2)c(F)cc1C1CC1. The maximum Gasteiger partial charge on any atom is 0.453 e. The van der Waals surface area contributed by atoms with Crippen LogP contribution in [-0.2, 0) is 15.2 Å². The number of benzene rings is 1. The molecule has 0 radical (unpaired) electrons. The van der Waals surface area contributed by atoms with E-state index in [0.29, 0.717) is 23.9 Å². The summed E-state index contributed by atoms with van der Waals surface area (Å²) < 4.78 is 75.6. The molecule has 23 heavy (non-hydrogen) atoms. The number of alkyl halides is 3. The third-order valence-corrected chi connectivity index (χ3v) is 4.73. The van der Waals surface area contributed by atoms with E-state index >= 15 is 0 Å². The number of rotatable bonds is 3. The Kier molecular flexibility index (Phi) is 3.64. The molecule has 0 unspecified atom stereocenters. The summed E-state index contributed by atoms with van der Waals surface area (Å²) in [6, 6.07) is 1.84. The molecule has 0 amide bonds. The Balaban J connectivity index is 2.15. The molecule has 0 atom stereocenters. The van der Waals surface area contributed by atoms with Crippen molar-refractivity contribution in [3.05, 3.63) is 35.7 Å². The summed E-state index contributed by atoms with van der Waals surface area (Å²) in [4.78, 5) is 2.71. The van der Waals surface area contributed by atoms with Gasteiger partial charge in [0, 0.05) is 10.7 Å². The Morgan fingerprint density at radius 3 is 2.39 bits per heavy atom. The van der Waals surface area contributed by atoms with Crippen molar-refractivity contribution in [2.75, 3.05) is 0 Å². The zero-order chi connectivity index (χ0) is 17.0. The highest BCUT2D eigenvalue weighted by Gasteiger charge is 2.36. The smallest absolute Gasteiger partial charge is 0.217 e. The second kappa shape index (κ2) is 5.17. The monoisotopic (exact) mass is 369 g/mol. The van der Waals surface area contributed by atoms with Crippen molar-refractivity contribution in [1.29, 1.82) is 0 Å². The van der Waals surface area contributed by atoms with Gasteiger partial charge in [0.1, 0.15) is 17.8 Å². The molecule has 1 aliphatic rings. The molecule has 1 heterocycles. The third-order valence-electron chi connectivity index (χ3n) is 3.35. The Morgan fingerprint density at radius 2 is 1.91 bits per heavy atom. The lowest BCUT2D eigenvalue weighted by atomic mass is 10.1. The van der Waals surface area contributed by atoms with Gasteiger partial charge in [-0.2, -0.15) is 13.2 Å². The lowest BCUT2D eigenvalue weighted by Gasteiger charge is -2.10. The molecule has 0 saturated heterocycles. The molecule has 0 aliphatic heterocycles. The van der Waals surface area contributed by atoms with Crippen LogP contribution in [0.3, 0.4) is 0 Å². The van der Waals surface area contributed by atoms with Crippen LogP contribution in [0.15, 0.2) is 23.4 Å². The van der Waals surface area contributed by atoms with Gasteiger partial charge in [0.25, 0.3) is 14.9 Å². The fraction of sp³-hybridized carbons (Fsp3) is 0.333. The molecular weight excluding hydrogens is 362 g/mol. The van der Waals surface area contributed by atoms with Crippen LogP contribution in [0.25, 0.3) is 5.69 Å². The first kappa shape index (κ1) is 16.2. The highest BCUT2D eigenvalue weighted by molar-refractivity contribution is 8.13. The van der Waals surface area contributed by atoms with E-state index in [0.717, 1.165) is 12.1 Å². The molecule has 3 rings (SSSR count). The molecule has 0 N–H and O–H groups in total. The molecule has 0 bridgehead atoms. The molecule has 1 aromatic heterocycles. The molecular formula is C12H8ClF4N3O2S. The summed E-state index contributed by atoms with van der Waals surface area (Å²) >= 11 is 0. The van der Waals surface area contributed by atoms with Crippen LogP contribution >= 0.6 is 10.7 Å². The minimum atomic E-state index is -4.79. The summed E-state index contributed by atoms with van der Waals surface area (Å²) in [6.07, 6.45) is -2.75. The quantitative estimate of drug-likeness (QED) is 0.615. The van der Waals surface area contributed by atoms with Gasteiger partial charge in [-0.15, -0.1) is 5.10 Å². The number of hydrogen-bond acceptors (Lipinski definition) is 4. The molecule has 1 saturated carbocycles. The second-order valence-corrected chi connectivity index (χ2v) is 7.60. The Morgan fingerprint density at radius 1 is 1.26 bits per heavy atom. The Bertz CT molecular complexity index is 875. The van der Waals surface area contributed by atoms with Crippen molar-refractivity contribution in [3.63, 3.8) is 0 Å². The lowest BCUT2D eigenvalue weighted by Crippen LogP contribution is -2.10. The normalized spacial score (nSPS) is 15.9. The van der Waals surface area contributed by atoms with Gasteiger partial charge >= 0.3 is 6.18 Å². The standard InChI is InChI=1S/C12H8ClF4N3O2S/c13-23(21,22)10-4-9(8(14)3-7(10)6-1-2-6)20-5-18-11(19-20)12(15,16)17/h3-6H,1-2H2. The highest BCUT2D eigenvalue weighted by atomic mass is 35.7. The summed E-state index contributed by atoms with van der Waals surface area (Å²) in [6.45, 7) is 0. The zero-order valence-corrected chi connectivity index (χ0v) is 12.8. The van der Waals surface area contributed by atoms with E-state index in [1.807, 2.05) is 0 Å². The van der Waals surface area contributed by atoms with Gasteiger partial charge in [-0.05, 0) is 36.5 Å². The van der Waals surface area contributed by atoms with Crippen molar-refractivity contribution in [2.24, 2.45) is 0 Å². The van der Waals surface area contributed by atoms with E-state index in [4.69, 9.17) is 10.7 Å². The molecule has 0 spiro atoms. The van der Waals surface area contributed by atoms with Gasteiger partial charge in [0.2, 0.25) is 0 Å². The van der Waals surface area contributed by atoms with Gasteiger partial charge in [-0.3, -0.25) is 0 Å². The van der Waals surface area contributed by atoms with Crippen LogP contribution in [0.1, 0.15) is 30.1 Å². The highest BCUT2D eigenvalue weighted by Crippen LogP contribution is 2.44. The molecule has 11 heteroatoms. The number of nitrogens with zero attached hydrogens (tertiary/aromatic N) is 3. The van der Waals surface area contributed by atoms with Gasteiger partial charge in [-0.1, -0.05) is 0 Å². The number of halogens is 5. The predicted molar refractivity (Wildman–Crippen MR) is 71.3 cm³/mol. The molecule has 5 nitrogen and oxygen atoms in total. The Hall–Kier alpha value is -1.68. The fourth-order valence-electron chi connectivity index (χ4n) is 2.17. The van der Waals surface area contributed by atoms with Gasteiger partial charge in [0.05, 0.1) is 4.90 Å². The average molecular weight is 370 g/mol. The van der Waals surface area contributed by atoms with Crippen LogP contribution in [-0.4, -0.2) is 23.2 Å². The second-order valence-electron chi connectivity index (χ2n) is 5.06. The van der Waals surface area contributed by atoms with E-state index in [1.54, 1.807) is 0 Å². The molecule has 124 valence electrons. The van der Waals surface area contributed by atoms with Crippen molar-refractivity contribution < 1.29 is 26.0 Å². The topological polar surface area (TPSA) is 64.8 Å². The van der Waals surface area contributed by atoms with E-state index in [-0.39, 0.29) is 16.4 Å². The van der Waals surface area contributed by atoms with Crippen LogP contribution in [0.5, 0.6) is 0 Å². The molecule has 1 aromatic carbocycles. The Labute approximate surface area is 132 Å². The van der Waals surface area contributed by atoms with E-state index in [2.05, 4.69) is 10.1 Å². The summed E-state index contributed by atoms with van der Waals surface area (Å²) in [7, 11) is 1.16. The summed E-state index contributed by atoms with van der Waals surface area (Å²) in [5.74, 6) is -2.49. The maximum atomic E-state index is 14.2. The first-order chi connectivity index (χ1) is 10.6. The third kappa shape index (κ3) is 3.18. The van der Waals surface area contributed by atoms with Crippen molar-refractivity contribution in [3.8, 4) is 5.69 Å². The average Bonchev–Trinajstić information content (AvgIpc) is 3.13. The maximum absolute atomic E-state index is 14.2. The number of aromatic nitrogens is 3. The van der Waals surface area contributed by atoms with Crippen molar-refractivity contribution >= 4 is 19.7 Å². The minimum absolute atomic E-state index is 0.122. The molecule has 1 aliphatic carbocycles. The minimum Gasteiger partial charge on any atom is -0.217 e. The van der Waals surface area contributed by atoms with Crippen LogP contribution < -0.4 is 0 Å². The predicted octanol–water partition coefficient (Wildman–Crippen LogP) is 3.23. The molecule has 2 aromatic rings. The summed E-state index contributed by atoms with van der Waals surface area (Å²) in [5.41, 5.74) is -0.256. The van der Waals surface area contributed by atoms with Crippen LogP contribution in [0.4, 0.5) is 17.6 Å². The first-order valence-electron chi connectivity index (χ1n) is 6.34. The van der Waals surface area contributed by atoms with Crippen LogP contribution in [0.2, 0.25) is 0 Å². The lowest BCUT2D eigenvalue weighted by molar-refractivity contribution is -0.144. The largest absolute Gasteiger partial charge is 0.453 e. The zero-order valence-electron chi connectivity index (χ0n) is 11.2. The van der Waals surface area contributed by atoms with Crippen molar-refractivity contribution in [2.45, 2.75) is 29.8 Å². The van der Waals surface area contributed by atoms with E-state index in [9.17, 15) is 26.0 Å². The van der Waals surface area contributed by atoms with E-state index < -0.39 is 32.6 Å². The van der Waals surface area contributed by atoms with Gasteiger partial charge in [0.15, 0.2) is 0 Å². The van der Waals surface area contributed by atoms with Gasteiger partial charge < -0.3 is 0 Å². The van der Waals surface area contributed by atoms with Crippen molar-refractivity contribution in [1.82, 2.24) is 14.8 Å². The number of hydrogen-bond donors (Lipinski definition) is 0. The fourth-order valence-corrected chi connectivity index (χ4v) is 3.33. The van der Waals surface area contributed by atoms with Crippen LogP contribution in [0, 0.1) is 5.82 Å². The first-order valence-corrected chi connectivity index (χ1v) is 8.65. The summed E-state index contributed by atoms with van der Waals surface area (Å²) in [5, 5.41) is 3.13. The molecule has 1 fully saturated rings. The van der Waals surface area contributed by atoms with Gasteiger partial charge in [-0.25, -0.2) is 22.5 Å². The van der Waals surface area contributed by atoms with E-state index in [1.165, 1.54) is 0 Å².